The zero-order chi connectivity index (χ0) is 19.8. The van der Waals surface area contributed by atoms with Gasteiger partial charge in [0.05, 0.1) is 15.7 Å². The molecule has 2 aromatic carbocycles. The van der Waals surface area contributed by atoms with E-state index >= 15 is 0 Å². The van der Waals surface area contributed by atoms with Crippen LogP contribution in [0.15, 0.2) is 36.4 Å². The SMILES string of the molecule is CC(C)(C)c1ccc2c(c1)OCC(=O)N2CC(=O)Nc1ccc(Cl)c(Cl)c1. The van der Waals surface area contributed by atoms with E-state index in [-0.39, 0.29) is 30.4 Å². The molecule has 1 aliphatic heterocycles. The van der Waals surface area contributed by atoms with E-state index < -0.39 is 0 Å². The first-order valence-corrected chi connectivity index (χ1v) is 9.23. The fourth-order valence-electron chi connectivity index (χ4n) is 2.76. The number of carbonyl (C=O) groups excluding carboxylic acids is 2. The average Bonchev–Trinajstić information content (AvgIpc) is 2.59. The van der Waals surface area contributed by atoms with Gasteiger partial charge in [0, 0.05) is 5.69 Å². The maximum absolute atomic E-state index is 12.4. The number of hydrogen-bond donors (Lipinski definition) is 1. The van der Waals surface area contributed by atoms with Crippen LogP contribution in [0.4, 0.5) is 11.4 Å². The van der Waals surface area contributed by atoms with Crippen LogP contribution in [-0.2, 0) is 15.0 Å². The predicted molar refractivity (Wildman–Crippen MR) is 108 cm³/mol. The van der Waals surface area contributed by atoms with E-state index in [1.165, 1.54) is 4.90 Å². The Kier molecular flexibility index (Phi) is 5.36. The number of hydrogen-bond acceptors (Lipinski definition) is 3. The highest BCUT2D eigenvalue weighted by molar-refractivity contribution is 6.42. The molecule has 27 heavy (non-hydrogen) atoms. The molecule has 0 bridgehead atoms. The van der Waals surface area contributed by atoms with Crippen LogP contribution in [0.2, 0.25) is 10.0 Å². The zero-order valence-electron chi connectivity index (χ0n) is 15.3. The summed E-state index contributed by atoms with van der Waals surface area (Å²) in [6.45, 7) is 6.09. The zero-order valence-corrected chi connectivity index (χ0v) is 16.8. The molecule has 3 rings (SSSR count). The molecule has 2 aromatic rings. The number of anilines is 2. The van der Waals surface area contributed by atoms with Gasteiger partial charge in [0.1, 0.15) is 12.3 Å². The lowest BCUT2D eigenvalue weighted by atomic mass is 9.86. The Labute approximate surface area is 168 Å². The number of nitrogens with zero attached hydrogens (tertiary/aromatic N) is 1. The summed E-state index contributed by atoms with van der Waals surface area (Å²) in [7, 11) is 0. The minimum atomic E-state index is -0.338. The van der Waals surface area contributed by atoms with Gasteiger partial charge in [0.15, 0.2) is 6.61 Å². The first-order chi connectivity index (χ1) is 12.6. The van der Waals surface area contributed by atoms with Crippen LogP contribution in [-0.4, -0.2) is 25.0 Å². The molecule has 0 fully saturated rings. The third-order valence-electron chi connectivity index (χ3n) is 4.27. The maximum atomic E-state index is 12.4. The van der Waals surface area contributed by atoms with Gasteiger partial charge in [-0.05, 0) is 41.3 Å². The Morgan fingerprint density at radius 3 is 2.56 bits per heavy atom. The Hall–Kier alpha value is -2.24. The van der Waals surface area contributed by atoms with Gasteiger partial charge < -0.3 is 10.1 Å². The fraction of sp³-hybridized carbons (Fsp3) is 0.300. The fourth-order valence-corrected chi connectivity index (χ4v) is 3.06. The van der Waals surface area contributed by atoms with Crippen LogP contribution in [0, 0.1) is 0 Å². The number of fused-ring (bicyclic) bond motifs is 1. The van der Waals surface area contributed by atoms with E-state index in [4.69, 9.17) is 27.9 Å². The normalized spacial score (nSPS) is 13.8. The summed E-state index contributed by atoms with van der Waals surface area (Å²) in [5, 5.41) is 3.48. The first-order valence-electron chi connectivity index (χ1n) is 8.48. The van der Waals surface area contributed by atoms with Crippen LogP contribution in [0.5, 0.6) is 5.75 Å². The predicted octanol–water partition coefficient (Wildman–Crippen LogP) is 4.66. The highest BCUT2D eigenvalue weighted by Crippen LogP contribution is 2.36. The van der Waals surface area contributed by atoms with Crippen LogP contribution in [0.1, 0.15) is 26.3 Å². The van der Waals surface area contributed by atoms with E-state index in [2.05, 4.69) is 26.1 Å². The minimum Gasteiger partial charge on any atom is -0.482 e. The molecular formula is C20H20Cl2N2O3. The lowest BCUT2D eigenvalue weighted by Crippen LogP contribution is -2.43. The van der Waals surface area contributed by atoms with Crippen LogP contribution >= 0.6 is 23.2 Å². The molecule has 0 atom stereocenters. The summed E-state index contributed by atoms with van der Waals surface area (Å²) in [6, 6.07) is 10.5. The molecule has 0 spiro atoms. The van der Waals surface area contributed by atoms with Crippen molar-refractivity contribution in [2.75, 3.05) is 23.4 Å². The van der Waals surface area contributed by atoms with Gasteiger partial charge in [-0.1, -0.05) is 50.0 Å². The molecule has 0 radical (unpaired) electrons. The number of rotatable bonds is 3. The maximum Gasteiger partial charge on any atom is 0.265 e. The standard InChI is InChI=1S/C20H20Cl2N2O3/c1-20(2,3)12-4-7-16-17(8-12)27-11-19(26)24(16)10-18(25)23-13-5-6-14(21)15(22)9-13/h4-9H,10-11H2,1-3H3,(H,23,25). The molecule has 5 nitrogen and oxygen atoms in total. The molecule has 0 aliphatic carbocycles. The second-order valence-corrected chi connectivity index (χ2v) is 8.19. The molecule has 1 N–H and O–H groups in total. The Balaban J connectivity index is 1.79. The number of ether oxygens (including phenoxy) is 1. The number of amides is 2. The summed E-state index contributed by atoms with van der Waals surface area (Å²) in [4.78, 5) is 26.2. The first kappa shape index (κ1) is 19.5. The Bertz CT molecular complexity index is 907. The Morgan fingerprint density at radius 1 is 1.15 bits per heavy atom. The molecule has 0 saturated heterocycles. The van der Waals surface area contributed by atoms with Gasteiger partial charge in [0.2, 0.25) is 5.91 Å². The van der Waals surface area contributed by atoms with Gasteiger partial charge >= 0.3 is 0 Å². The monoisotopic (exact) mass is 406 g/mol. The second kappa shape index (κ2) is 7.41. The Morgan fingerprint density at radius 2 is 1.89 bits per heavy atom. The molecule has 2 amide bonds. The topological polar surface area (TPSA) is 58.6 Å². The number of benzene rings is 2. The summed E-state index contributed by atoms with van der Waals surface area (Å²) in [5.41, 5.74) is 2.15. The van der Waals surface area contributed by atoms with Crippen molar-refractivity contribution in [2.24, 2.45) is 0 Å². The third kappa shape index (κ3) is 4.37. The smallest absolute Gasteiger partial charge is 0.265 e. The van der Waals surface area contributed by atoms with E-state index in [1.54, 1.807) is 18.2 Å². The number of carbonyl (C=O) groups is 2. The summed E-state index contributed by atoms with van der Waals surface area (Å²) in [6.07, 6.45) is 0. The lowest BCUT2D eigenvalue weighted by molar-refractivity contribution is -0.123. The largest absolute Gasteiger partial charge is 0.482 e. The number of nitrogens with one attached hydrogen (secondary N) is 1. The average molecular weight is 407 g/mol. The van der Waals surface area contributed by atoms with Crippen molar-refractivity contribution in [3.63, 3.8) is 0 Å². The van der Waals surface area contributed by atoms with E-state index in [0.29, 0.717) is 27.2 Å². The second-order valence-electron chi connectivity index (χ2n) is 7.38. The van der Waals surface area contributed by atoms with Gasteiger partial charge in [-0.3, -0.25) is 14.5 Å². The summed E-state index contributed by atoms with van der Waals surface area (Å²) < 4.78 is 5.58. The molecule has 0 saturated carbocycles. The van der Waals surface area contributed by atoms with Crippen molar-refractivity contribution in [3.8, 4) is 5.75 Å². The van der Waals surface area contributed by atoms with E-state index in [1.807, 2.05) is 18.2 Å². The van der Waals surface area contributed by atoms with Gasteiger partial charge in [-0.15, -0.1) is 0 Å². The van der Waals surface area contributed by atoms with Gasteiger partial charge in [-0.25, -0.2) is 0 Å². The van der Waals surface area contributed by atoms with Crippen molar-refractivity contribution in [1.82, 2.24) is 0 Å². The molecule has 142 valence electrons. The highest BCUT2D eigenvalue weighted by atomic mass is 35.5. The van der Waals surface area contributed by atoms with Crippen LogP contribution < -0.4 is 15.0 Å². The van der Waals surface area contributed by atoms with Crippen molar-refractivity contribution in [1.29, 1.82) is 0 Å². The number of halogens is 2. The van der Waals surface area contributed by atoms with Gasteiger partial charge in [0.25, 0.3) is 5.91 Å². The minimum absolute atomic E-state index is 0.0457. The van der Waals surface area contributed by atoms with Crippen molar-refractivity contribution >= 4 is 46.4 Å². The summed E-state index contributed by atoms with van der Waals surface area (Å²) in [5.74, 6) is -0.00542. The van der Waals surface area contributed by atoms with Crippen LogP contribution in [0.25, 0.3) is 0 Å². The molecule has 0 unspecified atom stereocenters. The van der Waals surface area contributed by atoms with Crippen LogP contribution in [0.3, 0.4) is 0 Å². The van der Waals surface area contributed by atoms with Crippen molar-refractivity contribution in [3.05, 3.63) is 52.0 Å². The third-order valence-corrected chi connectivity index (χ3v) is 5.01. The van der Waals surface area contributed by atoms with E-state index in [0.717, 1.165) is 5.56 Å². The summed E-state index contributed by atoms with van der Waals surface area (Å²) >= 11 is 11.8. The molecule has 1 aliphatic rings. The van der Waals surface area contributed by atoms with E-state index in [9.17, 15) is 9.59 Å². The quantitative estimate of drug-likeness (QED) is 0.806. The van der Waals surface area contributed by atoms with Crippen molar-refractivity contribution in [2.45, 2.75) is 26.2 Å². The molecule has 0 aromatic heterocycles. The van der Waals surface area contributed by atoms with Gasteiger partial charge in [-0.2, -0.15) is 0 Å². The molecule has 1 heterocycles. The highest BCUT2D eigenvalue weighted by Gasteiger charge is 2.28. The molecule has 7 heteroatoms. The lowest BCUT2D eigenvalue weighted by Gasteiger charge is -2.30. The van der Waals surface area contributed by atoms with Crippen molar-refractivity contribution < 1.29 is 14.3 Å². The molecular weight excluding hydrogens is 387 g/mol.